The molecule has 0 aromatic rings. The lowest BCUT2D eigenvalue weighted by Crippen LogP contribution is -2.01. The molecule has 48 valence electrons. The van der Waals surface area contributed by atoms with Gasteiger partial charge in [-0.15, -0.1) is 0 Å². The first-order valence-electron chi connectivity index (χ1n) is 2.40. The highest BCUT2D eigenvalue weighted by molar-refractivity contribution is 7.17. The summed E-state index contributed by atoms with van der Waals surface area (Å²) in [7, 11) is -0.311. The number of hydrogen-bond acceptors (Lipinski definition) is 3. The van der Waals surface area contributed by atoms with Crippen molar-refractivity contribution in [3.8, 4) is 0 Å². The molecular formula is C4H9O3P. The Hall–Kier alpha value is 0.0200. The normalized spacial score (nSPS) is 14.2. The standard InChI is InChI=1S/C4H9O3P/c1-4(5)2-3-7-8-6/h4-5H,2-3H2,1H3/t4-/m1/s1. The zero-order valence-corrected chi connectivity index (χ0v) is 5.60. The monoisotopic (exact) mass is 136 g/mol. The van der Waals surface area contributed by atoms with Crippen LogP contribution in [0.5, 0.6) is 0 Å². The topological polar surface area (TPSA) is 46.5 Å². The summed E-state index contributed by atoms with van der Waals surface area (Å²) in [6.07, 6.45) is 0.173. The van der Waals surface area contributed by atoms with E-state index in [-0.39, 0.29) is 14.8 Å². The minimum Gasteiger partial charge on any atom is -0.393 e. The predicted molar refractivity (Wildman–Crippen MR) is 29.9 cm³/mol. The van der Waals surface area contributed by atoms with Crippen LogP contribution in [0.25, 0.3) is 0 Å². The average Bonchev–Trinajstić information content (AvgIpc) is 1.66. The van der Waals surface area contributed by atoms with E-state index in [0.29, 0.717) is 13.0 Å². The fraction of sp³-hybridized carbons (Fsp3) is 1.00. The first-order chi connectivity index (χ1) is 3.77. The van der Waals surface area contributed by atoms with Crippen LogP contribution in [0.15, 0.2) is 0 Å². The maximum atomic E-state index is 9.58. The molecule has 0 bridgehead atoms. The van der Waals surface area contributed by atoms with Gasteiger partial charge >= 0.3 is 8.69 Å². The number of aliphatic hydroxyl groups excluding tert-OH is 1. The molecule has 0 unspecified atom stereocenters. The van der Waals surface area contributed by atoms with E-state index in [4.69, 9.17) is 5.11 Å². The molecule has 0 radical (unpaired) electrons. The van der Waals surface area contributed by atoms with Crippen molar-refractivity contribution in [3.63, 3.8) is 0 Å². The summed E-state index contributed by atoms with van der Waals surface area (Å²) in [5, 5.41) is 8.59. The van der Waals surface area contributed by atoms with E-state index in [1.807, 2.05) is 0 Å². The predicted octanol–water partition coefficient (Wildman–Crippen LogP) is 0.981. The minimum absolute atomic E-state index is 0.311. The highest BCUT2D eigenvalue weighted by Gasteiger charge is 1.93. The summed E-state index contributed by atoms with van der Waals surface area (Å²) in [5.74, 6) is 0. The molecule has 0 fully saturated rings. The number of rotatable bonds is 4. The lowest BCUT2D eigenvalue weighted by Gasteiger charge is -1.97. The Morgan fingerprint density at radius 1 is 1.88 bits per heavy atom. The van der Waals surface area contributed by atoms with Crippen LogP contribution in [0.1, 0.15) is 13.3 Å². The second kappa shape index (κ2) is 5.16. The highest BCUT2D eigenvalue weighted by atomic mass is 31.1. The maximum absolute atomic E-state index is 9.58. The Balaban J connectivity index is 2.81. The largest absolute Gasteiger partial charge is 0.393 e. The molecule has 1 N–H and O–H groups in total. The smallest absolute Gasteiger partial charge is 0.327 e. The Kier molecular flexibility index (Phi) is 5.18. The molecule has 0 aliphatic heterocycles. The molecule has 0 spiro atoms. The van der Waals surface area contributed by atoms with Gasteiger partial charge in [0.15, 0.2) is 0 Å². The van der Waals surface area contributed by atoms with E-state index in [1.54, 1.807) is 6.92 Å². The fourth-order valence-corrected chi connectivity index (χ4v) is 0.440. The van der Waals surface area contributed by atoms with Gasteiger partial charge in [-0.25, -0.2) is 4.57 Å². The van der Waals surface area contributed by atoms with E-state index < -0.39 is 0 Å². The molecule has 8 heavy (non-hydrogen) atoms. The molecule has 4 heteroatoms. The number of aliphatic hydroxyl groups is 1. The first kappa shape index (κ1) is 8.02. The van der Waals surface area contributed by atoms with Crippen LogP contribution < -0.4 is 0 Å². The van der Waals surface area contributed by atoms with Crippen LogP contribution in [0.2, 0.25) is 0 Å². The van der Waals surface area contributed by atoms with Crippen LogP contribution in [-0.4, -0.2) is 17.8 Å². The van der Waals surface area contributed by atoms with Gasteiger partial charge in [-0.3, -0.25) is 4.52 Å². The minimum atomic E-state index is -0.364. The Labute approximate surface area is 49.9 Å². The molecule has 0 saturated heterocycles. The molecule has 0 rings (SSSR count). The van der Waals surface area contributed by atoms with E-state index in [9.17, 15) is 4.57 Å². The first-order valence-corrected chi connectivity index (χ1v) is 3.13. The molecule has 0 amide bonds. The van der Waals surface area contributed by atoms with Gasteiger partial charge in [0.05, 0.1) is 12.7 Å². The van der Waals surface area contributed by atoms with E-state index in [0.717, 1.165) is 0 Å². The summed E-state index contributed by atoms with van der Waals surface area (Å²) in [5.41, 5.74) is 0. The molecule has 1 atom stereocenters. The molecular weight excluding hydrogens is 127 g/mol. The molecule has 0 aliphatic rings. The van der Waals surface area contributed by atoms with Gasteiger partial charge in [0.2, 0.25) is 0 Å². The van der Waals surface area contributed by atoms with Crippen LogP contribution in [0.4, 0.5) is 0 Å². The van der Waals surface area contributed by atoms with Crippen molar-refractivity contribution in [3.05, 3.63) is 0 Å². The van der Waals surface area contributed by atoms with Gasteiger partial charge in [0.25, 0.3) is 0 Å². The Morgan fingerprint density at radius 3 is 2.88 bits per heavy atom. The van der Waals surface area contributed by atoms with Crippen molar-refractivity contribution < 1.29 is 14.2 Å². The summed E-state index contributed by atoms with van der Waals surface area (Å²) in [4.78, 5) is 0. The van der Waals surface area contributed by atoms with Gasteiger partial charge in [-0.05, 0) is 13.3 Å². The third-order valence-corrected chi connectivity index (χ3v) is 0.968. The Morgan fingerprint density at radius 2 is 2.50 bits per heavy atom. The third-order valence-electron chi connectivity index (χ3n) is 0.680. The maximum Gasteiger partial charge on any atom is 0.327 e. The molecule has 0 heterocycles. The summed E-state index contributed by atoms with van der Waals surface area (Å²) in [6, 6.07) is 0. The summed E-state index contributed by atoms with van der Waals surface area (Å²) < 4.78 is 14.0. The van der Waals surface area contributed by atoms with E-state index >= 15 is 0 Å². The van der Waals surface area contributed by atoms with E-state index in [1.165, 1.54) is 0 Å². The summed E-state index contributed by atoms with van der Waals surface area (Å²) in [6.45, 7) is 2.01. The van der Waals surface area contributed by atoms with Crippen LogP contribution in [-0.2, 0) is 9.09 Å². The van der Waals surface area contributed by atoms with Crippen molar-refractivity contribution in [1.82, 2.24) is 0 Å². The van der Waals surface area contributed by atoms with Crippen LogP contribution >= 0.6 is 8.69 Å². The van der Waals surface area contributed by atoms with Crippen molar-refractivity contribution in [2.24, 2.45) is 0 Å². The van der Waals surface area contributed by atoms with Gasteiger partial charge in [0, 0.05) is 0 Å². The molecule has 0 aromatic heterocycles. The van der Waals surface area contributed by atoms with Gasteiger partial charge in [-0.2, -0.15) is 0 Å². The second-order valence-corrected chi connectivity index (χ2v) is 1.95. The lowest BCUT2D eigenvalue weighted by atomic mass is 10.3. The molecule has 0 saturated carbocycles. The summed E-state index contributed by atoms with van der Waals surface area (Å²) >= 11 is 0. The van der Waals surface area contributed by atoms with Crippen LogP contribution in [0, 0.1) is 0 Å². The lowest BCUT2D eigenvalue weighted by molar-refractivity contribution is 0.160. The van der Waals surface area contributed by atoms with Gasteiger partial charge in [-0.1, -0.05) is 0 Å². The van der Waals surface area contributed by atoms with Crippen molar-refractivity contribution >= 4 is 8.69 Å². The Bertz CT molecular complexity index is 64.3. The average molecular weight is 136 g/mol. The van der Waals surface area contributed by atoms with Gasteiger partial charge in [0.1, 0.15) is 0 Å². The highest BCUT2D eigenvalue weighted by Crippen LogP contribution is 1.97. The second-order valence-electron chi connectivity index (χ2n) is 1.55. The molecule has 0 aliphatic carbocycles. The van der Waals surface area contributed by atoms with Crippen molar-refractivity contribution in [1.29, 1.82) is 0 Å². The number of hydrogen-bond donors (Lipinski definition) is 1. The van der Waals surface area contributed by atoms with E-state index in [2.05, 4.69) is 4.52 Å². The molecule has 0 aromatic carbocycles. The van der Waals surface area contributed by atoms with Gasteiger partial charge < -0.3 is 5.11 Å². The van der Waals surface area contributed by atoms with Crippen molar-refractivity contribution in [2.75, 3.05) is 6.61 Å². The SMILES string of the molecule is C[C@@H](O)CCOP=O. The zero-order valence-electron chi connectivity index (χ0n) is 4.70. The fourth-order valence-electron chi connectivity index (χ4n) is 0.261. The quantitative estimate of drug-likeness (QED) is 0.462. The van der Waals surface area contributed by atoms with Crippen molar-refractivity contribution in [2.45, 2.75) is 19.4 Å². The van der Waals surface area contributed by atoms with Crippen LogP contribution in [0.3, 0.4) is 0 Å². The third kappa shape index (κ3) is 6.02. The molecule has 3 nitrogen and oxygen atoms in total. The zero-order chi connectivity index (χ0) is 6.41.